The van der Waals surface area contributed by atoms with Crippen molar-refractivity contribution in [3.63, 3.8) is 0 Å². The number of benzene rings is 1. The van der Waals surface area contributed by atoms with Gasteiger partial charge in [-0.15, -0.1) is 0 Å². The largest absolute Gasteiger partial charge is 0.497 e. The SMILES string of the molecule is COc1cccc(CN2CCN(C(=O)c3ncoc3C3CC3)CC2=O)c1. The molecule has 0 unspecified atom stereocenters. The van der Waals surface area contributed by atoms with E-state index in [0.717, 1.165) is 24.2 Å². The fraction of sp³-hybridized carbons (Fsp3) is 0.421. The van der Waals surface area contributed by atoms with Crippen molar-refractivity contribution < 1.29 is 18.7 Å². The fourth-order valence-corrected chi connectivity index (χ4v) is 3.24. The summed E-state index contributed by atoms with van der Waals surface area (Å²) < 4.78 is 10.6. The standard InChI is InChI=1S/C19H21N3O4/c1-25-15-4-2-3-13(9-15)10-21-7-8-22(11-16(21)23)19(24)17-18(14-5-6-14)26-12-20-17/h2-4,9,12,14H,5-8,10-11H2,1H3. The predicted octanol–water partition coefficient (Wildman–Crippen LogP) is 2.05. The topological polar surface area (TPSA) is 75.9 Å². The minimum absolute atomic E-state index is 0.0658. The second-order valence-electron chi connectivity index (χ2n) is 6.73. The van der Waals surface area contributed by atoms with Crippen LogP contribution in [0, 0.1) is 0 Å². The van der Waals surface area contributed by atoms with Crippen molar-refractivity contribution in [2.24, 2.45) is 0 Å². The van der Waals surface area contributed by atoms with Gasteiger partial charge in [0.15, 0.2) is 12.1 Å². The lowest BCUT2D eigenvalue weighted by atomic mass is 10.1. The number of carbonyl (C=O) groups excluding carboxylic acids is 2. The number of ether oxygens (including phenoxy) is 1. The van der Waals surface area contributed by atoms with E-state index in [4.69, 9.17) is 9.15 Å². The highest BCUT2D eigenvalue weighted by atomic mass is 16.5. The molecule has 0 N–H and O–H groups in total. The Kier molecular flexibility index (Phi) is 4.36. The summed E-state index contributed by atoms with van der Waals surface area (Å²) in [5, 5.41) is 0. The minimum Gasteiger partial charge on any atom is -0.497 e. The fourth-order valence-electron chi connectivity index (χ4n) is 3.24. The quantitative estimate of drug-likeness (QED) is 0.820. The molecule has 1 aliphatic heterocycles. The summed E-state index contributed by atoms with van der Waals surface area (Å²) in [6.07, 6.45) is 3.38. The molecule has 2 aliphatic rings. The van der Waals surface area contributed by atoms with Gasteiger partial charge in [-0.25, -0.2) is 4.98 Å². The van der Waals surface area contributed by atoms with Gasteiger partial charge in [0, 0.05) is 25.6 Å². The maximum Gasteiger partial charge on any atom is 0.276 e. The molecule has 0 bridgehead atoms. The van der Waals surface area contributed by atoms with Crippen LogP contribution < -0.4 is 4.74 Å². The van der Waals surface area contributed by atoms with Gasteiger partial charge in [0.05, 0.1) is 7.11 Å². The van der Waals surface area contributed by atoms with Gasteiger partial charge < -0.3 is 19.0 Å². The number of piperazine rings is 1. The third-order valence-electron chi connectivity index (χ3n) is 4.86. The summed E-state index contributed by atoms with van der Waals surface area (Å²) in [4.78, 5) is 32.7. The van der Waals surface area contributed by atoms with Crippen LogP contribution in [-0.4, -0.2) is 53.3 Å². The molecule has 7 nitrogen and oxygen atoms in total. The first-order valence-electron chi connectivity index (χ1n) is 8.79. The maximum absolute atomic E-state index is 12.7. The highest BCUT2D eigenvalue weighted by molar-refractivity contribution is 5.96. The minimum atomic E-state index is -0.213. The van der Waals surface area contributed by atoms with Crippen LogP contribution in [0.4, 0.5) is 0 Å². The van der Waals surface area contributed by atoms with Crippen LogP contribution in [0.2, 0.25) is 0 Å². The molecule has 4 rings (SSSR count). The van der Waals surface area contributed by atoms with E-state index >= 15 is 0 Å². The Morgan fingerprint density at radius 1 is 1.35 bits per heavy atom. The summed E-state index contributed by atoms with van der Waals surface area (Å²) in [6.45, 7) is 1.57. The van der Waals surface area contributed by atoms with E-state index in [1.165, 1.54) is 6.39 Å². The van der Waals surface area contributed by atoms with Crippen molar-refractivity contribution in [2.75, 3.05) is 26.7 Å². The molecule has 1 aromatic carbocycles. The third-order valence-corrected chi connectivity index (χ3v) is 4.86. The number of amides is 2. The van der Waals surface area contributed by atoms with Crippen LogP contribution >= 0.6 is 0 Å². The maximum atomic E-state index is 12.7. The Bertz CT molecular complexity index is 828. The summed E-state index contributed by atoms with van der Waals surface area (Å²) in [7, 11) is 1.62. The molecule has 1 saturated carbocycles. The number of carbonyl (C=O) groups is 2. The zero-order chi connectivity index (χ0) is 18.1. The third kappa shape index (κ3) is 3.29. The monoisotopic (exact) mass is 355 g/mol. The number of rotatable bonds is 5. The lowest BCUT2D eigenvalue weighted by Crippen LogP contribution is -2.52. The Morgan fingerprint density at radius 2 is 2.19 bits per heavy atom. The molecule has 0 spiro atoms. The number of oxazole rings is 1. The van der Waals surface area contributed by atoms with Crippen LogP contribution in [0.1, 0.15) is 40.6 Å². The first-order valence-corrected chi connectivity index (χ1v) is 8.79. The molecule has 136 valence electrons. The van der Waals surface area contributed by atoms with Crippen LogP contribution in [0.25, 0.3) is 0 Å². The summed E-state index contributed by atoms with van der Waals surface area (Å²) in [6, 6.07) is 7.66. The molecular weight excluding hydrogens is 334 g/mol. The lowest BCUT2D eigenvalue weighted by Gasteiger charge is -2.34. The average Bonchev–Trinajstić information content (AvgIpc) is 3.39. The Morgan fingerprint density at radius 3 is 2.92 bits per heavy atom. The first-order chi connectivity index (χ1) is 12.7. The molecule has 2 aromatic rings. The van der Waals surface area contributed by atoms with Gasteiger partial charge in [-0.05, 0) is 30.5 Å². The van der Waals surface area contributed by atoms with Gasteiger partial charge in [-0.1, -0.05) is 12.1 Å². The van der Waals surface area contributed by atoms with Gasteiger partial charge in [0.2, 0.25) is 5.91 Å². The smallest absolute Gasteiger partial charge is 0.276 e. The van der Waals surface area contributed by atoms with Crippen LogP contribution in [0.15, 0.2) is 35.1 Å². The number of hydrogen-bond acceptors (Lipinski definition) is 5. The second kappa shape index (κ2) is 6.82. The molecule has 1 aliphatic carbocycles. The summed E-state index contributed by atoms with van der Waals surface area (Å²) in [5.74, 6) is 1.46. The van der Waals surface area contributed by atoms with Crippen molar-refractivity contribution >= 4 is 11.8 Å². The Hall–Kier alpha value is -2.83. The zero-order valence-corrected chi connectivity index (χ0v) is 14.7. The van der Waals surface area contributed by atoms with Crippen LogP contribution in [-0.2, 0) is 11.3 Å². The number of nitrogens with zero attached hydrogens (tertiary/aromatic N) is 3. The van der Waals surface area contributed by atoms with E-state index in [1.54, 1.807) is 16.9 Å². The van der Waals surface area contributed by atoms with Gasteiger partial charge in [-0.3, -0.25) is 9.59 Å². The predicted molar refractivity (Wildman–Crippen MR) is 92.8 cm³/mol. The van der Waals surface area contributed by atoms with Crippen molar-refractivity contribution in [3.8, 4) is 5.75 Å². The van der Waals surface area contributed by atoms with E-state index in [0.29, 0.717) is 37.0 Å². The number of methoxy groups -OCH3 is 1. The van der Waals surface area contributed by atoms with Gasteiger partial charge in [0.25, 0.3) is 5.91 Å². The summed E-state index contributed by atoms with van der Waals surface area (Å²) in [5.41, 5.74) is 1.37. The molecule has 2 heterocycles. The van der Waals surface area contributed by atoms with Crippen molar-refractivity contribution in [1.29, 1.82) is 0 Å². The lowest BCUT2D eigenvalue weighted by molar-refractivity contribution is -0.135. The van der Waals surface area contributed by atoms with Gasteiger partial charge >= 0.3 is 0 Å². The Balaban J connectivity index is 1.40. The molecule has 2 fully saturated rings. The molecule has 26 heavy (non-hydrogen) atoms. The van der Waals surface area contributed by atoms with E-state index in [1.807, 2.05) is 24.3 Å². The van der Waals surface area contributed by atoms with Crippen molar-refractivity contribution in [2.45, 2.75) is 25.3 Å². The molecule has 2 amide bonds. The van der Waals surface area contributed by atoms with Gasteiger partial charge in [0.1, 0.15) is 18.1 Å². The van der Waals surface area contributed by atoms with Gasteiger partial charge in [-0.2, -0.15) is 0 Å². The van der Waals surface area contributed by atoms with E-state index in [-0.39, 0.29) is 18.4 Å². The van der Waals surface area contributed by atoms with Crippen LogP contribution in [0.3, 0.4) is 0 Å². The summed E-state index contributed by atoms with van der Waals surface area (Å²) >= 11 is 0. The second-order valence-corrected chi connectivity index (χ2v) is 6.73. The molecule has 1 aromatic heterocycles. The molecule has 1 saturated heterocycles. The van der Waals surface area contributed by atoms with E-state index in [9.17, 15) is 9.59 Å². The van der Waals surface area contributed by atoms with Crippen molar-refractivity contribution in [3.05, 3.63) is 47.7 Å². The first kappa shape index (κ1) is 16.6. The molecule has 0 atom stereocenters. The number of hydrogen-bond donors (Lipinski definition) is 0. The van der Waals surface area contributed by atoms with Crippen LogP contribution in [0.5, 0.6) is 5.75 Å². The normalized spacial score (nSPS) is 17.5. The molecular formula is C19H21N3O4. The van der Waals surface area contributed by atoms with E-state index in [2.05, 4.69) is 4.98 Å². The molecule has 0 radical (unpaired) electrons. The highest BCUT2D eigenvalue weighted by Gasteiger charge is 2.35. The Labute approximate surface area is 151 Å². The van der Waals surface area contributed by atoms with E-state index < -0.39 is 0 Å². The number of aromatic nitrogens is 1. The molecule has 7 heteroatoms. The zero-order valence-electron chi connectivity index (χ0n) is 14.7. The average molecular weight is 355 g/mol. The van der Waals surface area contributed by atoms with Crippen molar-refractivity contribution in [1.82, 2.24) is 14.8 Å². The highest BCUT2D eigenvalue weighted by Crippen LogP contribution is 2.41.